The van der Waals surface area contributed by atoms with Crippen LogP contribution in [0.2, 0.25) is 0 Å². The van der Waals surface area contributed by atoms with Gasteiger partial charge in [-0.1, -0.05) is 0 Å². The van der Waals surface area contributed by atoms with Crippen molar-refractivity contribution in [3.05, 3.63) is 0 Å². The summed E-state index contributed by atoms with van der Waals surface area (Å²) in [5, 5.41) is 67.9. The van der Waals surface area contributed by atoms with Crippen LogP contribution in [-0.4, -0.2) is 149 Å². The van der Waals surface area contributed by atoms with E-state index in [1.165, 1.54) is 0 Å². The van der Waals surface area contributed by atoms with Gasteiger partial charge in [-0.25, -0.2) is 0 Å². The van der Waals surface area contributed by atoms with E-state index < -0.39 is 36.6 Å². The van der Waals surface area contributed by atoms with Crippen LogP contribution in [0.4, 0.5) is 0 Å². The van der Waals surface area contributed by atoms with Gasteiger partial charge in [0.1, 0.15) is 0 Å². The van der Waals surface area contributed by atoms with Gasteiger partial charge in [0.15, 0.2) is 0 Å². The van der Waals surface area contributed by atoms with Gasteiger partial charge in [0.25, 0.3) is 0 Å². The number of hydrogen-bond donors (Lipinski definition) is 9. The van der Waals surface area contributed by atoms with E-state index in [0.717, 1.165) is 0 Å². The molecule has 0 fully saturated rings. The fourth-order valence-corrected chi connectivity index (χ4v) is 3.05. The molecule has 0 aromatic heterocycles. The molecule has 188 valence electrons. The summed E-state index contributed by atoms with van der Waals surface area (Å²) in [6.45, 7) is 1.86. The molecule has 6 atom stereocenters. The van der Waals surface area contributed by atoms with Crippen molar-refractivity contribution >= 4 is 34.8 Å². The van der Waals surface area contributed by atoms with Crippen LogP contribution in [0.15, 0.2) is 0 Å². The Balaban J connectivity index is 4.57. The fraction of sp³-hybridized carbons (Fsp3) is 1.00. The quantitative estimate of drug-likeness (QED) is 0.0721. The molecular formula is C18H39Cl3N4O6. The minimum atomic E-state index is -0.806. The summed E-state index contributed by atoms with van der Waals surface area (Å²) in [6, 6.07) is 0. The second-order valence-electron chi connectivity index (χ2n) is 7.58. The molecule has 13 heteroatoms. The Kier molecular flexibility index (Phi) is 20.2. The van der Waals surface area contributed by atoms with Gasteiger partial charge in [0.05, 0.1) is 36.6 Å². The number of alkyl halides is 3. The monoisotopic (exact) mass is 512 g/mol. The number of hydrogen-bond acceptors (Lipinski definition) is 10. The molecule has 0 aliphatic heterocycles. The second-order valence-corrected chi connectivity index (χ2v) is 8.50. The van der Waals surface area contributed by atoms with Crippen LogP contribution < -0.4 is 16.0 Å². The molecule has 0 aliphatic rings. The molecule has 0 saturated heterocycles. The molecule has 0 amide bonds. The van der Waals surface area contributed by atoms with Crippen LogP contribution in [0.1, 0.15) is 0 Å². The Labute approximate surface area is 199 Å². The van der Waals surface area contributed by atoms with Crippen molar-refractivity contribution in [1.29, 1.82) is 0 Å². The number of nitrogens with one attached hydrogen (secondary N) is 3. The first-order valence-electron chi connectivity index (χ1n) is 10.3. The molecule has 0 aromatic rings. The van der Waals surface area contributed by atoms with Gasteiger partial charge >= 0.3 is 0 Å². The molecule has 31 heavy (non-hydrogen) atoms. The lowest BCUT2D eigenvalue weighted by Gasteiger charge is -2.29. The molecule has 0 bridgehead atoms. The summed E-state index contributed by atoms with van der Waals surface area (Å²) in [5.74, 6) is 0.263. The summed E-state index contributed by atoms with van der Waals surface area (Å²) in [4.78, 5) is 1.72. The van der Waals surface area contributed by atoms with E-state index >= 15 is 0 Å². The van der Waals surface area contributed by atoms with Crippen molar-refractivity contribution < 1.29 is 30.6 Å². The smallest absolute Gasteiger partial charge is 0.0799 e. The second kappa shape index (κ2) is 19.9. The minimum Gasteiger partial charge on any atom is -0.391 e. The first-order valence-corrected chi connectivity index (χ1v) is 11.9. The third-order valence-corrected chi connectivity index (χ3v) is 5.29. The van der Waals surface area contributed by atoms with E-state index in [9.17, 15) is 30.6 Å². The van der Waals surface area contributed by atoms with Crippen LogP contribution in [0.3, 0.4) is 0 Å². The van der Waals surface area contributed by atoms with Crippen molar-refractivity contribution in [2.24, 2.45) is 0 Å². The summed E-state index contributed by atoms with van der Waals surface area (Å²) >= 11 is 16.6. The Morgan fingerprint density at radius 3 is 0.903 bits per heavy atom. The van der Waals surface area contributed by atoms with Crippen molar-refractivity contribution in [3.63, 3.8) is 0 Å². The molecule has 0 radical (unpaired) electrons. The summed E-state index contributed by atoms with van der Waals surface area (Å²) < 4.78 is 0. The zero-order chi connectivity index (χ0) is 23.6. The van der Waals surface area contributed by atoms with E-state index in [-0.39, 0.29) is 76.5 Å². The molecule has 0 heterocycles. The average Bonchev–Trinajstić information content (AvgIpc) is 2.72. The summed E-state index contributed by atoms with van der Waals surface area (Å²) in [7, 11) is 0. The Morgan fingerprint density at radius 1 is 0.452 bits per heavy atom. The number of halogens is 3. The summed E-state index contributed by atoms with van der Waals surface area (Å²) in [5.41, 5.74) is 0. The maximum atomic E-state index is 10.3. The molecule has 10 nitrogen and oxygen atoms in total. The lowest BCUT2D eigenvalue weighted by atomic mass is 10.2. The van der Waals surface area contributed by atoms with Crippen molar-refractivity contribution in [2.45, 2.75) is 36.6 Å². The highest BCUT2D eigenvalue weighted by Gasteiger charge is 2.19. The predicted octanol–water partition coefficient (Wildman–Crippen LogP) is -3.06. The maximum absolute atomic E-state index is 10.3. The van der Waals surface area contributed by atoms with Gasteiger partial charge in [-0.05, 0) is 0 Å². The van der Waals surface area contributed by atoms with Crippen LogP contribution in [0.5, 0.6) is 0 Å². The van der Waals surface area contributed by atoms with Gasteiger partial charge in [0.2, 0.25) is 0 Å². The largest absolute Gasteiger partial charge is 0.391 e. The highest BCUT2D eigenvalue weighted by molar-refractivity contribution is 6.18. The highest BCUT2D eigenvalue weighted by Crippen LogP contribution is 2.00. The van der Waals surface area contributed by atoms with E-state index in [1.807, 2.05) is 0 Å². The topological polar surface area (TPSA) is 161 Å². The maximum Gasteiger partial charge on any atom is 0.0799 e. The SMILES string of the molecule is OC(CCl)CNCC(O)CN(CC(O)CNCC(O)CCl)CC(O)CNCC(O)CCl. The fourth-order valence-electron chi connectivity index (χ4n) is 2.72. The number of aliphatic hydroxyl groups excluding tert-OH is 6. The number of aliphatic hydroxyl groups is 6. The first-order chi connectivity index (χ1) is 14.7. The lowest BCUT2D eigenvalue weighted by molar-refractivity contribution is 0.0366. The Morgan fingerprint density at radius 2 is 0.677 bits per heavy atom. The lowest BCUT2D eigenvalue weighted by Crippen LogP contribution is -2.49. The van der Waals surface area contributed by atoms with E-state index in [4.69, 9.17) is 34.8 Å². The van der Waals surface area contributed by atoms with Crippen molar-refractivity contribution in [1.82, 2.24) is 20.9 Å². The Bertz CT molecular complexity index is 365. The van der Waals surface area contributed by atoms with Crippen LogP contribution in [-0.2, 0) is 0 Å². The molecule has 0 spiro atoms. The standard InChI is InChI=1S/C18H39Cl3N4O6/c19-1-13(26)4-22-7-16(29)10-25(11-17(30)8-23-5-14(27)2-20)12-18(31)9-24-6-15(28)3-21/h13-18,22-24,26-31H,1-12H2. The highest BCUT2D eigenvalue weighted by atomic mass is 35.5. The van der Waals surface area contributed by atoms with E-state index in [0.29, 0.717) is 0 Å². The molecule has 0 aliphatic carbocycles. The molecular weight excluding hydrogens is 475 g/mol. The number of nitrogens with zero attached hydrogens (tertiary/aromatic N) is 1. The van der Waals surface area contributed by atoms with E-state index in [2.05, 4.69) is 16.0 Å². The van der Waals surface area contributed by atoms with Gasteiger partial charge in [0, 0.05) is 76.5 Å². The minimum absolute atomic E-state index is 0.0877. The van der Waals surface area contributed by atoms with Crippen molar-refractivity contribution in [2.75, 3.05) is 76.5 Å². The molecule has 0 rings (SSSR count). The van der Waals surface area contributed by atoms with Gasteiger partial charge < -0.3 is 46.6 Å². The molecule has 9 N–H and O–H groups in total. The van der Waals surface area contributed by atoms with Crippen LogP contribution >= 0.6 is 34.8 Å². The van der Waals surface area contributed by atoms with Crippen LogP contribution in [0.25, 0.3) is 0 Å². The predicted molar refractivity (Wildman–Crippen MR) is 123 cm³/mol. The van der Waals surface area contributed by atoms with Crippen LogP contribution in [0, 0.1) is 0 Å². The van der Waals surface area contributed by atoms with Gasteiger partial charge in [-0.15, -0.1) is 34.8 Å². The summed E-state index contributed by atoms with van der Waals surface area (Å²) in [6.07, 6.45) is -4.55. The molecule has 0 saturated carbocycles. The van der Waals surface area contributed by atoms with Gasteiger partial charge in [-0.2, -0.15) is 0 Å². The van der Waals surface area contributed by atoms with Crippen molar-refractivity contribution in [3.8, 4) is 0 Å². The Hall–Kier alpha value is 0.470. The van der Waals surface area contributed by atoms with E-state index in [1.54, 1.807) is 4.90 Å². The zero-order valence-electron chi connectivity index (χ0n) is 17.7. The third-order valence-electron chi connectivity index (χ3n) is 4.22. The van der Waals surface area contributed by atoms with Gasteiger partial charge in [-0.3, -0.25) is 4.90 Å². The molecule has 6 unspecified atom stereocenters. The zero-order valence-corrected chi connectivity index (χ0v) is 20.0. The molecule has 0 aromatic carbocycles. The average molecular weight is 514 g/mol. The number of rotatable bonds is 21. The first kappa shape index (κ1) is 31.5. The third kappa shape index (κ3) is 18.6. The normalized spacial score (nSPS) is 18.0.